The number of likely N-dealkylation sites (tertiary alicyclic amines) is 1. The topological polar surface area (TPSA) is 46.3 Å². The zero-order valence-corrected chi connectivity index (χ0v) is 13.7. The molecule has 1 amide bonds. The normalized spacial score (nSPS) is 22.5. The van der Waals surface area contributed by atoms with Crippen molar-refractivity contribution in [1.29, 1.82) is 0 Å². The van der Waals surface area contributed by atoms with Gasteiger partial charge in [-0.2, -0.15) is 0 Å². The fourth-order valence-electron chi connectivity index (χ4n) is 2.92. The molecule has 0 aromatic carbocycles. The minimum atomic E-state index is 0.136. The van der Waals surface area contributed by atoms with Crippen molar-refractivity contribution in [1.82, 2.24) is 4.90 Å². The molecular formula is C16H26N2OS. The molecule has 1 aliphatic heterocycles. The molecule has 2 rings (SSSR count). The van der Waals surface area contributed by atoms with Crippen LogP contribution < -0.4 is 5.73 Å². The molecule has 1 unspecified atom stereocenters. The van der Waals surface area contributed by atoms with E-state index in [1.807, 2.05) is 16.2 Å². The molecule has 0 spiro atoms. The first-order valence-electron chi connectivity index (χ1n) is 7.47. The van der Waals surface area contributed by atoms with Crippen molar-refractivity contribution >= 4 is 17.2 Å². The number of nitrogens with zero attached hydrogens (tertiary/aromatic N) is 1. The van der Waals surface area contributed by atoms with Gasteiger partial charge in [0.2, 0.25) is 5.91 Å². The highest BCUT2D eigenvalue weighted by Crippen LogP contribution is 2.29. The molecule has 112 valence electrons. The van der Waals surface area contributed by atoms with Gasteiger partial charge in [0.05, 0.1) is 0 Å². The molecule has 0 saturated carbocycles. The van der Waals surface area contributed by atoms with E-state index >= 15 is 0 Å². The number of nitrogens with two attached hydrogens (primary N) is 1. The minimum Gasteiger partial charge on any atom is -0.342 e. The molecule has 0 aliphatic carbocycles. The van der Waals surface area contributed by atoms with Crippen LogP contribution in [0.4, 0.5) is 0 Å². The summed E-state index contributed by atoms with van der Waals surface area (Å²) < 4.78 is 0. The Balaban J connectivity index is 1.77. The number of aryl methyl sites for hydroxylation is 3. The quantitative estimate of drug-likeness (QED) is 0.907. The van der Waals surface area contributed by atoms with Crippen molar-refractivity contribution in [2.75, 3.05) is 19.6 Å². The van der Waals surface area contributed by atoms with E-state index in [0.29, 0.717) is 18.9 Å². The van der Waals surface area contributed by atoms with Crippen LogP contribution in [0.15, 0.2) is 6.07 Å². The van der Waals surface area contributed by atoms with Gasteiger partial charge in [0, 0.05) is 29.3 Å². The molecule has 1 aromatic heterocycles. The van der Waals surface area contributed by atoms with Gasteiger partial charge < -0.3 is 10.6 Å². The molecule has 20 heavy (non-hydrogen) atoms. The summed E-state index contributed by atoms with van der Waals surface area (Å²) in [4.78, 5) is 17.0. The second kappa shape index (κ2) is 6.27. The van der Waals surface area contributed by atoms with Gasteiger partial charge in [-0.05, 0) is 56.7 Å². The number of hydrogen-bond donors (Lipinski definition) is 1. The fourth-order valence-corrected chi connectivity index (χ4v) is 3.90. The molecule has 0 radical (unpaired) electrons. The van der Waals surface area contributed by atoms with Gasteiger partial charge in [0.1, 0.15) is 0 Å². The Morgan fingerprint density at radius 2 is 2.25 bits per heavy atom. The van der Waals surface area contributed by atoms with Gasteiger partial charge in [0.25, 0.3) is 0 Å². The maximum Gasteiger partial charge on any atom is 0.222 e. The number of carbonyl (C=O) groups excluding carboxylic acids is 1. The van der Waals surface area contributed by atoms with Crippen molar-refractivity contribution in [2.45, 2.75) is 46.5 Å². The molecule has 1 fully saturated rings. The fraction of sp³-hybridized carbons (Fsp3) is 0.688. The van der Waals surface area contributed by atoms with E-state index in [1.165, 1.54) is 15.3 Å². The second-order valence-electron chi connectivity index (χ2n) is 6.37. The first kappa shape index (κ1) is 15.5. The van der Waals surface area contributed by atoms with Gasteiger partial charge in [-0.25, -0.2) is 0 Å². The number of carbonyl (C=O) groups is 1. The van der Waals surface area contributed by atoms with Crippen LogP contribution in [0.25, 0.3) is 0 Å². The molecule has 2 N–H and O–H groups in total. The van der Waals surface area contributed by atoms with Crippen molar-refractivity contribution in [3.05, 3.63) is 21.4 Å². The van der Waals surface area contributed by atoms with E-state index < -0.39 is 0 Å². The average Bonchev–Trinajstić information content (AvgIpc) is 2.94. The van der Waals surface area contributed by atoms with E-state index in [9.17, 15) is 4.79 Å². The number of rotatable bonds is 5. The van der Waals surface area contributed by atoms with E-state index in [-0.39, 0.29) is 5.41 Å². The Hall–Kier alpha value is -0.870. The van der Waals surface area contributed by atoms with Gasteiger partial charge in [0.15, 0.2) is 0 Å². The van der Waals surface area contributed by atoms with E-state index in [2.05, 4.69) is 26.8 Å². The standard InChI is InChI=1S/C16H26N2OS/c1-12-9-14(13(2)20-12)5-4-6-15(19)18-8-7-16(3,10-17)11-18/h9H,4-8,10-11,17H2,1-3H3. The summed E-state index contributed by atoms with van der Waals surface area (Å²) in [5, 5.41) is 0. The highest BCUT2D eigenvalue weighted by atomic mass is 32.1. The lowest BCUT2D eigenvalue weighted by Gasteiger charge is -2.22. The lowest BCUT2D eigenvalue weighted by Crippen LogP contribution is -2.34. The van der Waals surface area contributed by atoms with Gasteiger partial charge in [-0.3, -0.25) is 4.79 Å². The Morgan fingerprint density at radius 3 is 2.80 bits per heavy atom. The zero-order valence-electron chi connectivity index (χ0n) is 12.9. The van der Waals surface area contributed by atoms with Gasteiger partial charge in [-0.1, -0.05) is 6.92 Å². The molecule has 2 heterocycles. The van der Waals surface area contributed by atoms with Crippen LogP contribution >= 0.6 is 11.3 Å². The summed E-state index contributed by atoms with van der Waals surface area (Å²) in [5.74, 6) is 0.298. The van der Waals surface area contributed by atoms with Crippen molar-refractivity contribution in [2.24, 2.45) is 11.1 Å². The Kier molecular flexibility index (Phi) is 4.86. The monoisotopic (exact) mass is 294 g/mol. The van der Waals surface area contributed by atoms with Crippen molar-refractivity contribution < 1.29 is 4.79 Å². The molecule has 1 saturated heterocycles. The van der Waals surface area contributed by atoms with Crippen LogP contribution in [0.5, 0.6) is 0 Å². The lowest BCUT2D eigenvalue weighted by atomic mass is 9.90. The maximum atomic E-state index is 12.2. The molecule has 1 aromatic rings. The third-order valence-electron chi connectivity index (χ3n) is 4.38. The Bertz CT molecular complexity index is 483. The summed E-state index contributed by atoms with van der Waals surface area (Å²) in [6.45, 7) is 8.87. The molecular weight excluding hydrogens is 268 g/mol. The predicted molar refractivity (Wildman–Crippen MR) is 85.1 cm³/mol. The smallest absolute Gasteiger partial charge is 0.222 e. The highest BCUT2D eigenvalue weighted by molar-refractivity contribution is 7.12. The van der Waals surface area contributed by atoms with E-state index in [0.717, 1.165) is 32.4 Å². The predicted octanol–water partition coefficient (Wildman–Crippen LogP) is 2.88. The summed E-state index contributed by atoms with van der Waals surface area (Å²) >= 11 is 1.85. The molecule has 0 bridgehead atoms. The van der Waals surface area contributed by atoms with Crippen molar-refractivity contribution in [3.63, 3.8) is 0 Å². The minimum absolute atomic E-state index is 0.136. The van der Waals surface area contributed by atoms with Gasteiger partial charge in [-0.15, -0.1) is 11.3 Å². The first-order valence-corrected chi connectivity index (χ1v) is 8.29. The van der Waals surface area contributed by atoms with Crippen LogP contribution in [0.2, 0.25) is 0 Å². The number of thiophene rings is 1. The largest absolute Gasteiger partial charge is 0.342 e. The van der Waals surface area contributed by atoms with Crippen LogP contribution in [-0.4, -0.2) is 30.4 Å². The van der Waals surface area contributed by atoms with Gasteiger partial charge >= 0.3 is 0 Å². The lowest BCUT2D eigenvalue weighted by molar-refractivity contribution is -0.130. The van der Waals surface area contributed by atoms with E-state index in [1.54, 1.807) is 0 Å². The number of amides is 1. The van der Waals surface area contributed by atoms with Crippen LogP contribution in [0, 0.1) is 19.3 Å². The maximum absolute atomic E-state index is 12.2. The summed E-state index contributed by atoms with van der Waals surface area (Å²) in [5.41, 5.74) is 7.34. The first-order chi connectivity index (χ1) is 9.43. The summed E-state index contributed by atoms with van der Waals surface area (Å²) in [6, 6.07) is 2.26. The third kappa shape index (κ3) is 3.61. The van der Waals surface area contributed by atoms with Crippen LogP contribution in [-0.2, 0) is 11.2 Å². The average molecular weight is 294 g/mol. The van der Waals surface area contributed by atoms with Crippen molar-refractivity contribution in [3.8, 4) is 0 Å². The SMILES string of the molecule is Cc1cc(CCCC(=O)N2CCC(C)(CN)C2)c(C)s1. The Morgan fingerprint density at radius 1 is 1.50 bits per heavy atom. The third-order valence-corrected chi connectivity index (χ3v) is 5.39. The van der Waals surface area contributed by atoms with Crippen LogP contribution in [0.3, 0.4) is 0 Å². The Labute approximate surface area is 126 Å². The van der Waals surface area contributed by atoms with Crippen LogP contribution in [0.1, 0.15) is 41.5 Å². The van der Waals surface area contributed by atoms with E-state index in [4.69, 9.17) is 5.73 Å². The molecule has 1 aliphatic rings. The summed E-state index contributed by atoms with van der Waals surface area (Å²) in [6.07, 6.45) is 3.67. The molecule has 3 nitrogen and oxygen atoms in total. The number of hydrogen-bond acceptors (Lipinski definition) is 3. The molecule has 4 heteroatoms. The highest BCUT2D eigenvalue weighted by Gasteiger charge is 2.34. The molecule has 1 atom stereocenters. The zero-order chi connectivity index (χ0) is 14.8. The summed E-state index contributed by atoms with van der Waals surface area (Å²) in [7, 11) is 0. The second-order valence-corrected chi connectivity index (χ2v) is 7.83.